The molecule has 0 atom stereocenters. The normalized spacial score (nSPS) is 12.9. The molecule has 2 N–H and O–H groups in total. The molecule has 1 aliphatic carbocycles. The van der Waals surface area contributed by atoms with Crippen molar-refractivity contribution in [2.45, 2.75) is 27.2 Å². The van der Waals surface area contributed by atoms with Crippen molar-refractivity contribution in [1.29, 1.82) is 0 Å². The highest BCUT2D eigenvalue weighted by Gasteiger charge is 2.19. The predicted octanol–water partition coefficient (Wildman–Crippen LogP) is 6.00. The first kappa shape index (κ1) is 24.3. The third kappa shape index (κ3) is 5.91. The summed E-state index contributed by atoms with van der Waals surface area (Å²) in [6.07, 6.45) is 9.87. The number of esters is 1. The number of hydrogen-bond donors (Lipinski definition) is 2. The Hall–Kier alpha value is -3.36. The Labute approximate surface area is 203 Å². The van der Waals surface area contributed by atoms with Gasteiger partial charge in [-0.05, 0) is 42.9 Å². The van der Waals surface area contributed by atoms with E-state index in [1.165, 1.54) is 7.11 Å². The van der Waals surface area contributed by atoms with E-state index in [9.17, 15) is 4.79 Å². The third-order valence-electron chi connectivity index (χ3n) is 4.71. The van der Waals surface area contributed by atoms with E-state index in [2.05, 4.69) is 20.6 Å². The van der Waals surface area contributed by atoms with E-state index in [-0.39, 0.29) is 0 Å². The molecule has 3 aromatic rings. The largest absolute Gasteiger partial charge is 0.465 e. The Morgan fingerprint density at radius 1 is 1.21 bits per heavy atom. The van der Waals surface area contributed by atoms with Gasteiger partial charge in [0.1, 0.15) is 5.01 Å². The number of ether oxygens (including phenoxy) is 1. The van der Waals surface area contributed by atoms with Crippen molar-refractivity contribution in [1.82, 2.24) is 15.3 Å². The maximum absolute atomic E-state index is 12.3. The van der Waals surface area contributed by atoms with Crippen molar-refractivity contribution >= 4 is 50.5 Å². The van der Waals surface area contributed by atoms with E-state index in [4.69, 9.17) is 17.0 Å². The minimum Gasteiger partial charge on any atom is -0.465 e. The topological polar surface area (TPSA) is 76.1 Å². The van der Waals surface area contributed by atoms with Crippen molar-refractivity contribution in [3.8, 4) is 10.6 Å². The number of allylic oxidation sites excluding steroid dienone is 3. The van der Waals surface area contributed by atoms with Gasteiger partial charge in [0.2, 0.25) is 0 Å². The maximum Gasteiger partial charge on any atom is 0.339 e. The van der Waals surface area contributed by atoms with Crippen LogP contribution in [0.2, 0.25) is 0 Å². The van der Waals surface area contributed by atoms with Crippen LogP contribution in [0.25, 0.3) is 20.8 Å². The molecule has 0 amide bonds. The van der Waals surface area contributed by atoms with E-state index < -0.39 is 5.97 Å². The van der Waals surface area contributed by atoms with Gasteiger partial charge in [-0.2, -0.15) is 0 Å². The average Bonchev–Trinajstić information content (AvgIpc) is 3.19. The molecule has 6 nitrogen and oxygen atoms in total. The molecular formula is C25H26N4O2S2. The zero-order valence-electron chi connectivity index (χ0n) is 19.0. The molecule has 1 aromatic carbocycles. The Kier molecular flexibility index (Phi) is 8.46. The third-order valence-corrected chi connectivity index (χ3v) is 5.97. The van der Waals surface area contributed by atoms with Crippen molar-refractivity contribution in [2.75, 3.05) is 12.4 Å². The molecular weight excluding hydrogens is 452 g/mol. The Morgan fingerprint density at radius 3 is 2.79 bits per heavy atom. The second-order valence-corrected chi connectivity index (χ2v) is 8.29. The standard InChI is InChI=1S/C23H20N4O2S2.C2H6/c1-14-6-3-4-9-18(20(14)22(28)29-2)27-23(30)25-16-8-5-7-15(12-16)21-26-17-10-11-24-13-19(17)31-21;1-2/h3-8,10-13H,9H2,1-2H3,(H2,25,27,30);1-2H3. The van der Waals surface area contributed by atoms with Crippen LogP contribution in [0.15, 0.2) is 77.8 Å². The van der Waals surface area contributed by atoms with E-state index >= 15 is 0 Å². The second-order valence-electron chi connectivity index (χ2n) is 6.85. The number of pyridine rings is 1. The van der Waals surface area contributed by atoms with Gasteiger partial charge in [0.15, 0.2) is 5.11 Å². The number of thiazole rings is 1. The van der Waals surface area contributed by atoms with E-state index in [1.54, 1.807) is 17.5 Å². The van der Waals surface area contributed by atoms with Crippen molar-refractivity contribution in [3.63, 3.8) is 0 Å². The lowest BCUT2D eigenvalue weighted by molar-refractivity contribution is -0.135. The molecule has 33 heavy (non-hydrogen) atoms. The summed E-state index contributed by atoms with van der Waals surface area (Å²) >= 11 is 7.11. The van der Waals surface area contributed by atoms with Gasteiger partial charge in [0.25, 0.3) is 0 Å². The fourth-order valence-electron chi connectivity index (χ4n) is 3.25. The van der Waals surface area contributed by atoms with Crippen LogP contribution in [0.5, 0.6) is 0 Å². The molecule has 0 radical (unpaired) electrons. The van der Waals surface area contributed by atoms with Crippen molar-refractivity contribution in [2.24, 2.45) is 0 Å². The highest BCUT2D eigenvalue weighted by molar-refractivity contribution is 7.80. The lowest BCUT2D eigenvalue weighted by Crippen LogP contribution is -2.30. The fraction of sp³-hybridized carbons (Fsp3) is 0.200. The lowest BCUT2D eigenvalue weighted by Gasteiger charge is -2.16. The molecule has 0 saturated carbocycles. The van der Waals surface area contributed by atoms with Gasteiger partial charge in [-0.1, -0.05) is 44.2 Å². The van der Waals surface area contributed by atoms with Gasteiger partial charge >= 0.3 is 5.97 Å². The van der Waals surface area contributed by atoms with Gasteiger partial charge in [0.05, 0.1) is 22.9 Å². The molecule has 0 spiro atoms. The van der Waals surface area contributed by atoms with Crippen LogP contribution in [0.1, 0.15) is 27.2 Å². The number of nitrogens with one attached hydrogen (secondary N) is 2. The summed E-state index contributed by atoms with van der Waals surface area (Å²) in [6.45, 7) is 5.87. The average molecular weight is 479 g/mol. The number of fused-ring (bicyclic) bond motifs is 1. The molecule has 0 unspecified atom stereocenters. The lowest BCUT2D eigenvalue weighted by atomic mass is 10.1. The van der Waals surface area contributed by atoms with E-state index in [0.717, 1.165) is 32.0 Å². The zero-order valence-corrected chi connectivity index (χ0v) is 20.6. The summed E-state index contributed by atoms with van der Waals surface area (Å²) in [5.74, 6) is -0.393. The van der Waals surface area contributed by atoms with Crippen molar-refractivity contribution in [3.05, 3.63) is 77.8 Å². The number of aromatic nitrogens is 2. The Morgan fingerprint density at radius 2 is 2.03 bits per heavy atom. The van der Waals surface area contributed by atoms with Crippen LogP contribution in [0.4, 0.5) is 5.69 Å². The first-order valence-corrected chi connectivity index (χ1v) is 11.8. The number of benzene rings is 1. The molecule has 1 aliphatic rings. The van der Waals surface area contributed by atoms with Gasteiger partial charge in [-0.3, -0.25) is 4.98 Å². The zero-order chi connectivity index (χ0) is 23.8. The molecule has 170 valence electrons. The number of hydrogen-bond acceptors (Lipinski definition) is 6. The second kappa shape index (κ2) is 11.5. The van der Waals surface area contributed by atoms with Crippen LogP contribution in [-0.2, 0) is 9.53 Å². The quantitative estimate of drug-likeness (QED) is 0.352. The number of nitrogens with zero attached hydrogens (tertiary/aromatic N) is 2. The van der Waals surface area contributed by atoms with Gasteiger partial charge in [-0.25, -0.2) is 9.78 Å². The van der Waals surface area contributed by atoms with Gasteiger partial charge in [-0.15, -0.1) is 11.3 Å². The molecule has 2 heterocycles. The molecule has 0 bridgehead atoms. The fourth-order valence-corrected chi connectivity index (χ4v) is 4.42. The summed E-state index contributed by atoms with van der Waals surface area (Å²) in [5.41, 5.74) is 4.75. The molecule has 0 fully saturated rings. The molecule has 2 aromatic heterocycles. The summed E-state index contributed by atoms with van der Waals surface area (Å²) in [6, 6.07) is 9.79. The number of anilines is 1. The summed E-state index contributed by atoms with van der Waals surface area (Å²) in [4.78, 5) is 21.1. The molecule has 8 heteroatoms. The SMILES string of the molecule is CC.COC(=O)C1=C(NC(=S)Nc2cccc(-c3nc4ccncc4s3)c2)CC=CC=C1C. The first-order valence-electron chi connectivity index (χ1n) is 10.6. The van der Waals surface area contributed by atoms with Crippen LogP contribution < -0.4 is 10.6 Å². The first-order chi connectivity index (χ1) is 16.0. The number of rotatable bonds is 4. The smallest absolute Gasteiger partial charge is 0.339 e. The number of carbonyl (C=O) groups excluding carboxylic acids is 1. The minimum absolute atomic E-state index is 0.393. The van der Waals surface area contributed by atoms with Crippen LogP contribution in [0, 0.1) is 0 Å². The Bertz CT molecular complexity index is 1230. The van der Waals surface area contributed by atoms with Crippen LogP contribution >= 0.6 is 23.6 Å². The molecule has 0 saturated heterocycles. The Balaban J connectivity index is 0.00000149. The molecule has 0 aliphatic heterocycles. The van der Waals surface area contributed by atoms with Gasteiger partial charge in [0, 0.05) is 35.8 Å². The van der Waals surface area contributed by atoms with Crippen LogP contribution in [-0.4, -0.2) is 28.2 Å². The van der Waals surface area contributed by atoms with Crippen LogP contribution in [0.3, 0.4) is 0 Å². The highest BCUT2D eigenvalue weighted by Crippen LogP contribution is 2.30. The number of carbonyl (C=O) groups is 1. The summed E-state index contributed by atoms with van der Waals surface area (Å²) in [5, 5.41) is 7.68. The maximum atomic E-state index is 12.3. The monoisotopic (exact) mass is 478 g/mol. The molecule has 4 rings (SSSR count). The minimum atomic E-state index is -0.393. The summed E-state index contributed by atoms with van der Waals surface area (Å²) < 4.78 is 6.00. The van der Waals surface area contributed by atoms with Gasteiger partial charge < -0.3 is 15.4 Å². The predicted molar refractivity (Wildman–Crippen MR) is 140 cm³/mol. The number of thiocarbonyl (C=S) groups is 1. The van der Waals surface area contributed by atoms with E-state index in [1.807, 2.05) is 75.5 Å². The summed E-state index contributed by atoms with van der Waals surface area (Å²) in [7, 11) is 1.37. The highest BCUT2D eigenvalue weighted by atomic mass is 32.1. The van der Waals surface area contributed by atoms with Crippen molar-refractivity contribution < 1.29 is 9.53 Å². The number of methoxy groups -OCH3 is 1. The van der Waals surface area contributed by atoms with E-state index in [0.29, 0.717) is 22.8 Å².